The SMILES string of the molecule is O=C(NC1CC(c2cc(F)c#cc2F)(S(=O)(=O)c2ccc(Cl)cc2)C1)C(F)(F)F. The van der Waals surface area contributed by atoms with Gasteiger partial charge in [0.1, 0.15) is 4.75 Å². The standard InChI is InChI=1S/C18H11ClF5NO3S/c19-10-1-4-13(5-2-10)29(27,28)17(14-7-11(20)3-6-15(14)21)8-12(9-17)25-16(26)18(22,23)24/h1-2,4-5,7,12H,8-9H2,(H,25,26). The van der Waals surface area contributed by atoms with Crippen molar-refractivity contribution in [2.24, 2.45) is 0 Å². The van der Waals surface area contributed by atoms with Crippen molar-refractivity contribution < 1.29 is 35.2 Å². The van der Waals surface area contributed by atoms with Gasteiger partial charge in [-0.05, 0) is 55.3 Å². The second kappa shape index (κ2) is 7.15. The zero-order valence-corrected chi connectivity index (χ0v) is 15.9. The fourth-order valence-corrected chi connectivity index (χ4v) is 5.62. The highest BCUT2D eigenvalue weighted by Gasteiger charge is 2.58. The lowest BCUT2D eigenvalue weighted by Crippen LogP contribution is -2.58. The molecule has 0 heterocycles. The first-order valence-corrected chi connectivity index (χ1v) is 9.90. The smallest absolute Gasteiger partial charge is 0.345 e. The maximum absolute atomic E-state index is 14.4. The molecule has 2 aromatic carbocycles. The summed E-state index contributed by atoms with van der Waals surface area (Å²) in [5.74, 6) is -4.54. The zero-order chi connectivity index (χ0) is 21.6. The van der Waals surface area contributed by atoms with Crippen LogP contribution in [0.4, 0.5) is 22.0 Å². The summed E-state index contributed by atoms with van der Waals surface area (Å²) in [5.41, 5.74) is -0.596. The number of hydrogen-bond donors (Lipinski definition) is 1. The average Bonchev–Trinajstić information content (AvgIpc) is 2.59. The van der Waals surface area contributed by atoms with Crippen molar-refractivity contribution in [2.45, 2.75) is 34.7 Å². The fourth-order valence-electron chi connectivity index (χ4n) is 3.27. The molecule has 0 saturated heterocycles. The van der Waals surface area contributed by atoms with Gasteiger partial charge in [0, 0.05) is 16.6 Å². The molecule has 0 bridgehead atoms. The first-order valence-electron chi connectivity index (χ1n) is 8.04. The van der Waals surface area contributed by atoms with Gasteiger partial charge in [-0.25, -0.2) is 8.42 Å². The molecule has 0 unspecified atom stereocenters. The molecule has 1 saturated carbocycles. The third-order valence-corrected chi connectivity index (χ3v) is 7.40. The summed E-state index contributed by atoms with van der Waals surface area (Å²) in [7, 11) is -4.41. The van der Waals surface area contributed by atoms with E-state index < -0.39 is 62.7 Å². The number of carbonyl (C=O) groups is 1. The molecular formula is C18H11ClF5NO3S. The van der Waals surface area contributed by atoms with Gasteiger partial charge >= 0.3 is 12.1 Å². The number of sulfone groups is 1. The molecule has 3 rings (SSSR count). The van der Waals surface area contributed by atoms with Crippen molar-refractivity contribution in [3.8, 4) is 0 Å². The van der Waals surface area contributed by atoms with Gasteiger partial charge in [-0.1, -0.05) is 11.6 Å². The van der Waals surface area contributed by atoms with Crippen LogP contribution in [0.2, 0.25) is 5.02 Å². The Balaban J connectivity index is 2.04. The average molecular weight is 452 g/mol. The summed E-state index contributed by atoms with van der Waals surface area (Å²) in [6, 6.07) is 7.89. The number of hydrogen-bond acceptors (Lipinski definition) is 3. The molecule has 2 aromatic rings. The Bertz CT molecular complexity index is 1050. The maximum Gasteiger partial charge on any atom is 0.471 e. The number of halogens is 6. The molecular weight excluding hydrogens is 441 g/mol. The summed E-state index contributed by atoms with van der Waals surface area (Å²) >= 11 is 5.74. The van der Waals surface area contributed by atoms with E-state index in [-0.39, 0.29) is 9.92 Å². The van der Waals surface area contributed by atoms with Gasteiger partial charge in [-0.15, -0.1) is 0 Å². The quantitative estimate of drug-likeness (QED) is 0.721. The molecule has 1 amide bonds. The lowest BCUT2D eigenvalue weighted by molar-refractivity contribution is -0.175. The van der Waals surface area contributed by atoms with Gasteiger partial charge in [0.05, 0.1) is 4.90 Å². The molecule has 1 aliphatic rings. The van der Waals surface area contributed by atoms with Crippen LogP contribution in [-0.2, 0) is 19.4 Å². The van der Waals surface area contributed by atoms with Crippen LogP contribution in [0.5, 0.6) is 0 Å². The molecule has 29 heavy (non-hydrogen) atoms. The van der Waals surface area contributed by atoms with Crippen molar-refractivity contribution in [1.82, 2.24) is 5.32 Å². The third-order valence-electron chi connectivity index (χ3n) is 4.67. The number of nitrogens with one attached hydrogen (secondary N) is 1. The lowest BCUT2D eigenvalue weighted by Gasteiger charge is -2.47. The molecule has 154 valence electrons. The van der Waals surface area contributed by atoms with Crippen molar-refractivity contribution in [3.05, 3.63) is 64.7 Å². The van der Waals surface area contributed by atoms with Gasteiger partial charge in [0.15, 0.2) is 21.5 Å². The molecule has 0 aromatic heterocycles. The van der Waals surface area contributed by atoms with E-state index in [9.17, 15) is 35.2 Å². The lowest BCUT2D eigenvalue weighted by atomic mass is 9.74. The summed E-state index contributed by atoms with van der Waals surface area (Å²) in [4.78, 5) is 10.9. The van der Waals surface area contributed by atoms with E-state index in [1.165, 1.54) is 12.1 Å². The van der Waals surface area contributed by atoms with Gasteiger partial charge in [-0.3, -0.25) is 4.79 Å². The third kappa shape index (κ3) is 3.76. The molecule has 1 N–H and O–H groups in total. The normalized spacial score (nSPS) is 21.8. The monoisotopic (exact) mass is 451 g/mol. The van der Waals surface area contributed by atoms with Crippen LogP contribution in [0.15, 0.2) is 35.2 Å². The minimum atomic E-state index is -5.17. The minimum absolute atomic E-state index is 0.224. The van der Waals surface area contributed by atoms with E-state index >= 15 is 0 Å². The zero-order valence-electron chi connectivity index (χ0n) is 14.3. The predicted molar refractivity (Wildman–Crippen MR) is 91.6 cm³/mol. The Kier molecular flexibility index (Phi) is 5.26. The molecule has 4 nitrogen and oxygen atoms in total. The number of benzene rings is 1. The Morgan fingerprint density at radius 1 is 1.14 bits per heavy atom. The van der Waals surface area contributed by atoms with E-state index in [1.54, 1.807) is 5.32 Å². The van der Waals surface area contributed by atoms with Crippen LogP contribution in [0.25, 0.3) is 0 Å². The first kappa shape index (κ1) is 21.3. The van der Waals surface area contributed by atoms with Crippen LogP contribution in [0.1, 0.15) is 18.4 Å². The van der Waals surface area contributed by atoms with E-state index in [0.29, 0.717) is 6.07 Å². The Labute approximate surface area is 167 Å². The highest BCUT2D eigenvalue weighted by atomic mass is 35.5. The van der Waals surface area contributed by atoms with Crippen molar-refractivity contribution >= 4 is 27.3 Å². The molecule has 0 radical (unpaired) electrons. The molecule has 1 fully saturated rings. The second-order valence-electron chi connectivity index (χ2n) is 6.50. The first-order chi connectivity index (χ1) is 13.4. The number of rotatable bonds is 4. The molecule has 0 spiro atoms. The van der Waals surface area contributed by atoms with Gasteiger partial charge in [0.25, 0.3) is 0 Å². The van der Waals surface area contributed by atoms with Gasteiger partial charge in [-0.2, -0.15) is 22.0 Å². The number of alkyl halides is 3. The molecule has 11 heteroatoms. The number of carbonyl (C=O) groups excluding carboxylic acids is 1. The van der Waals surface area contributed by atoms with Crippen molar-refractivity contribution in [2.75, 3.05) is 0 Å². The molecule has 0 aliphatic heterocycles. The topological polar surface area (TPSA) is 63.2 Å². The Hall–Kier alpha value is -2.38. The van der Waals surface area contributed by atoms with E-state index in [2.05, 4.69) is 0 Å². The van der Waals surface area contributed by atoms with Gasteiger partial charge in [0.2, 0.25) is 0 Å². The Morgan fingerprint density at radius 2 is 1.72 bits per heavy atom. The largest absolute Gasteiger partial charge is 0.471 e. The summed E-state index contributed by atoms with van der Waals surface area (Å²) in [6.45, 7) is 0. The van der Waals surface area contributed by atoms with Crippen LogP contribution in [0, 0.1) is 23.8 Å². The summed E-state index contributed by atoms with van der Waals surface area (Å²) < 4.78 is 89.9. The summed E-state index contributed by atoms with van der Waals surface area (Å²) in [6.07, 6.45) is -6.35. The maximum atomic E-state index is 14.4. The van der Waals surface area contributed by atoms with Crippen molar-refractivity contribution in [3.63, 3.8) is 0 Å². The minimum Gasteiger partial charge on any atom is -0.345 e. The molecule has 1 aliphatic carbocycles. The van der Waals surface area contributed by atoms with Crippen molar-refractivity contribution in [1.29, 1.82) is 0 Å². The van der Waals surface area contributed by atoms with Crippen LogP contribution in [-0.4, -0.2) is 26.5 Å². The highest BCUT2D eigenvalue weighted by molar-refractivity contribution is 7.92. The van der Waals surface area contributed by atoms with Crippen LogP contribution >= 0.6 is 11.6 Å². The number of amides is 1. The highest BCUT2D eigenvalue weighted by Crippen LogP contribution is 2.51. The van der Waals surface area contributed by atoms with E-state index in [4.69, 9.17) is 11.6 Å². The summed E-state index contributed by atoms with van der Waals surface area (Å²) in [5, 5.41) is 1.89. The van der Waals surface area contributed by atoms with Gasteiger partial charge < -0.3 is 5.32 Å². The van der Waals surface area contributed by atoms with Crippen LogP contribution in [0.3, 0.4) is 0 Å². The van der Waals surface area contributed by atoms with E-state index in [0.717, 1.165) is 12.1 Å². The van der Waals surface area contributed by atoms with E-state index in [1.807, 2.05) is 12.1 Å². The predicted octanol–water partition coefficient (Wildman–Crippen LogP) is 3.73. The molecule has 0 atom stereocenters. The second-order valence-corrected chi connectivity index (χ2v) is 9.19. The Morgan fingerprint density at radius 3 is 2.28 bits per heavy atom. The fraction of sp³-hybridized carbons (Fsp3) is 0.278. The van der Waals surface area contributed by atoms with Crippen LogP contribution < -0.4 is 5.32 Å².